The van der Waals surface area contributed by atoms with Crippen LogP contribution < -0.4 is 4.74 Å². The number of benzene rings is 2. The van der Waals surface area contributed by atoms with E-state index >= 15 is 0 Å². The van der Waals surface area contributed by atoms with Crippen LogP contribution >= 0.6 is 0 Å². The van der Waals surface area contributed by atoms with Gasteiger partial charge in [0.25, 0.3) is 6.47 Å². The fraction of sp³-hybridized carbons (Fsp3) is 0.214. The Bertz CT molecular complexity index is 520. The molecule has 2 aromatic carbocycles. The lowest BCUT2D eigenvalue weighted by Crippen LogP contribution is -1.97. The van der Waals surface area contributed by atoms with Crippen molar-refractivity contribution in [2.45, 2.75) is 6.42 Å². The van der Waals surface area contributed by atoms with E-state index in [1.54, 1.807) is 7.11 Å². The molecule has 0 fully saturated rings. The average Bonchev–Trinajstić information content (AvgIpc) is 2.39. The van der Waals surface area contributed by atoms with Gasteiger partial charge in [-0.05, 0) is 28.5 Å². The molecule has 0 spiro atoms. The summed E-state index contributed by atoms with van der Waals surface area (Å²) in [5.74, 6) is 0.834. The first kappa shape index (κ1) is 11.5. The van der Waals surface area contributed by atoms with Gasteiger partial charge in [-0.15, -0.1) is 0 Å². The van der Waals surface area contributed by atoms with Gasteiger partial charge in [0.05, 0.1) is 13.7 Å². The Labute approximate surface area is 100.0 Å². The fourth-order valence-corrected chi connectivity index (χ4v) is 1.88. The highest BCUT2D eigenvalue weighted by Gasteiger charge is 2.02. The van der Waals surface area contributed by atoms with Gasteiger partial charge in [0.15, 0.2) is 0 Å². The summed E-state index contributed by atoms with van der Waals surface area (Å²) in [5.41, 5.74) is 1.16. The minimum Gasteiger partial charge on any atom is -0.497 e. The van der Waals surface area contributed by atoms with Crippen LogP contribution in [0.15, 0.2) is 36.4 Å². The van der Waals surface area contributed by atoms with Crippen LogP contribution in [-0.4, -0.2) is 20.2 Å². The highest BCUT2D eigenvalue weighted by atomic mass is 16.5. The molecule has 0 aromatic heterocycles. The van der Waals surface area contributed by atoms with Gasteiger partial charge in [-0.2, -0.15) is 0 Å². The lowest BCUT2D eigenvalue weighted by molar-refractivity contribution is -0.128. The maximum absolute atomic E-state index is 10.1. The van der Waals surface area contributed by atoms with Crippen molar-refractivity contribution in [3.8, 4) is 5.75 Å². The van der Waals surface area contributed by atoms with Crippen LogP contribution in [0.3, 0.4) is 0 Å². The quantitative estimate of drug-likeness (QED) is 0.585. The number of carbonyl (C=O) groups excluding carboxylic acids is 1. The summed E-state index contributed by atoms with van der Waals surface area (Å²) in [5, 5.41) is 2.30. The molecule has 88 valence electrons. The van der Waals surface area contributed by atoms with Gasteiger partial charge in [0.1, 0.15) is 5.75 Å². The molecule has 0 amide bonds. The number of methoxy groups -OCH3 is 1. The van der Waals surface area contributed by atoms with Crippen LogP contribution in [0.5, 0.6) is 5.75 Å². The Morgan fingerprint density at radius 2 is 2.12 bits per heavy atom. The van der Waals surface area contributed by atoms with E-state index in [-0.39, 0.29) is 0 Å². The van der Waals surface area contributed by atoms with E-state index in [2.05, 4.69) is 6.07 Å². The molecule has 0 radical (unpaired) electrons. The maximum atomic E-state index is 10.1. The van der Waals surface area contributed by atoms with E-state index in [4.69, 9.17) is 9.47 Å². The zero-order valence-electron chi connectivity index (χ0n) is 9.68. The Morgan fingerprint density at radius 1 is 1.24 bits per heavy atom. The van der Waals surface area contributed by atoms with Gasteiger partial charge in [0.2, 0.25) is 0 Å². The monoisotopic (exact) mass is 230 g/mol. The number of ether oxygens (including phenoxy) is 2. The molecule has 0 heterocycles. The van der Waals surface area contributed by atoms with E-state index < -0.39 is 0 Å². The molecule has 0 bridgehead atoms. The Balaban J connectivity index is 2.36. The summed E-state index contributed by atoms with van der Waals surface area (Å²) in [6.07, 6.45) is 0.712. The third-order valence-electron chi connectivity index (χ3n) is 2.74. The van der Waals surface area contributed by atoms with Crippen molar-refractivity contribution in [1.29, 1.82) is 0 Å². The normalized spacial score (nSPS) is 10.2. The van der Waals surface area contributed by atoms with Gasteiger partial charge in [-0.25, -0.2) is 0 Å². The molecule has 0 unspecified atom stereocenters. The van der Waals surface area contributed by atoms with Crippen LogP contribution in [0.1, 0.15) is 5.56 Å². The predicted octanol–water partition coefficient (Wildman–Crippen LogP) is 2.56. The molecule has 17 heavy (non-hydrogen) atoms. The van der Waals surface area contributed by atoms with Crippen LogP contribution in [-0.2, 0) is 16.0 Å². The van der Waals surface area contributed by atoms with E-state index in [0.29, 0.717) is 19.5 Å². The summed E-state index contributed by atoms with van der Waals surface area (Å²) in [6.45, 7) is 0.880. The summed E-state index contributed by atoms with van der Waals surface area (Å²) in [7, 11) is 1.65. The Kier molecular flexibility index (Phi) is 3.60. The lowest BCUT2D eigenvalue weighted by atomic mass is 10.0. The molecule has 2 rings (SSSR count). The van der Waals surface area contributed by atoms with Gasteiger partial charge in [-0.3, -0.25) is 4.79 Å². The van der Waals surface area contributed by atoms with Crippen molar-refractivity contribution in [2.24, 2.45) is 0 Å². The van der Waals surface area contributed by atoms with Crippen LogP contribution in [0.2, 0.25) is 0 Å². The molecular formula is C14H14O3. The molecule has 3 heteroatoms. The number of hydrogen-bond acceptors (Lipinski definition) is 3. The summed E-state index contributed by atoms with van der Waals surface area (Å²) >= 11 is 0. The minimum atomic E-state index is 0.403. The third-order valence-corrected chi connectivity index (χ3v) is 2.74. The van der Waals surface area contributed by atoms with Crippen molar-refractivity contribution in [2.75, 3.05) is 13.7 Å². The van der Waals surface area contributed by atoms with E-state index in [1.165, 1.54) is 0 Å². The molecule has 0 N–H and O–H groups in total. The van der Waals surface area contributed by atoms with E-state index in [9.17, 15) is 4.79 Å². The van der Waals surface area contributed by atoms with E-state index in [0.717, 1.165) is 22.1 Å². The molecule has 0 aliphatic carbocycles. The molecule has 2 aromatic rings. The largest absolute Gasteiger partial charge is 0.497 e. The number of hydrogen-bond donors (Lipinski definition) is 0. The second-order valence-corrected chi connectivity index (χ2v) is 3.72. The fourth-order valence-electron chi connectivity index (χ4n) is 1.88. The Hall–Kier alpha value is -2.03. The first-order valence-electron chi connectivity index (χ1n) is 5.46. The molecule has 0 aliphatic rings. The maximum Gasteiger partial charge on any atom is 0.293 e. The molecule has 3 nitrogen and oxygen atoms in total. The highest BCUT2D eigenvalue weighted by molar-refractivity contribution is 5.87. The van der Waals surface area contributed by atoms with Crippen molar-refractivity contribution in [3.63, 3.8) is 0 Å². The lowest BCUT2D eigenvalue weighted by Gasteiger charge is -2.07. The second kappa shape index (κ2) is 5.34. The first-order valence-corrected chi connectivity index (χ1v) is 5.46. The summed E-state index contributed by atoms with van der Waals surface area (Å²) < 4.78 is 9.95. The zero-order chi connectivity index (χ0) is 12.1. The molecule has 0 saturated heterocycles. The Morgan fingerprint density at radius 3 is 2.88 bits per heavy atom. The minimum absolute atomic E-state index is 0.403. The second-order valence-electron chi connectivity index (χ2n) is 3.72. The molecule has 0 aliphatic heterocycles. The van der Waals surface area contributed by atoms with Crippen molar-refractivity contribution in [3.05, 3.63) is 42.0 Å². The van der Waals surface area contributed by atoms with Crippen molar-refractivity contribution < 1.29 is 14.3 Å². The van der Waals surface area contributed by atoms with Crippen LogP contribution in [0.4, 0.5) is 0 Å². The van der Waals surface area contributed by atoms with Crippen LogP contribution in [0.25, 0.3) is 10.8 Å². The first-order chi connectivity index (χ1) is 8.35. The average molecular weight is 230 g/mol. The van der Waals surface area contributed by atoms with Crippen molar-refractivity contribution in [1.82, 2.24) is 0 Å². The number of fused-ring (bicyclic) bond motifs is 1. The van der Waals surface area contributed by atoms with E-state index in [1.807, 2.05) is 30.3 Å². The van der Waals surface area contributed by atoms with Crippen molar-refractivity contribution >= 4 is 17.2 Å². The number of carbonyl (C=O) groups is 1. The smallest absolute Gasteiger partial charge is 0.293 e. The highest BCUT2D eigenvalue weighted by Crippen LogP contribution is 2.24. The predicted molar refractivity (Wildman–Crippen MR) is 66.2 cm³/mol. The topological polar surface area (TPSA) is 35.5 Å². The van der Waals surface area contributed by atoms with Gasteiger partial charge >= 0.3 is 0 Å². The zero-order valence-corrected chi connectivity index (χ0v) is 9.68. The van der Waals surface area contributed by atoms with Crippen LogP contribution in [0, 0.1) is 0 Å². The van der Waals surface area contributed by atoms with Gasteiger partial charge in [0, 0.05) is 6.42 Å². The molecular weight excluding hydrogens is 216 g/mol. The summed E-state index contributed by atoms with van der Waals surface area (Å²) in [4.78, 5) is 10.1. The molecule has 0 atom stereocenters. The number of rotatable bonds is 5. The van der Waals surface area contributed by atoms with Gasteiger partial charge < -0.3 is 9.47 Å². The van der Waals surface area contributed by atoms with Gasteiger partial charge in [-0.1, -0.05) is 24.3 Å². The SMILES string of the molecule is COc1ccc2cccc(CCOC=O)c2c1. The summed E-state index contributed by atoms with van der Waals surface area (Å²) in [6, 6.07) is 12.1. The third kappa shape index (κ3) is 2.56. The molecule has 0 saturated carbocycles. The standard InChI is InChI=1S/C14H14O3/c1-16-13-6-5-11-3-2-4-12(14(11)9-13)7-8-17-10-15/h2-6,9-10H,7-8H2,1H3.